The van der Waals surface area contributed by atoms with E-state index in [9.17, 15) is 4.79 Å². The third kappa shape index (κ3) is 3.46. The standard InChI is InChI=1S/C13H17NO3/c1-9-4-2-3-5-12(9)17-8-11(13(15)16)14-10-6-7-10/h2-5,10-11,14H,6-8H2,1H3,(H,15,16). The Kier molecular flexibility index (Phi) is 3.64. The summed E-state index contributed by atoms with van der Waals surface area (Å²) in [6, 6.07) is 7.34. The molecule has 2 N–H and O–H groups in total. The fraction of sp³-hybridized carbons (Fsp3) is 0.462. The molecule has 0 aromatic heterocycles. The molecule has 1 aromatic carbocycles. The lowest BCUT2D eigenvalue weighted by molar-refractivity contribution is -0.140. The molecule has 0 amide bonds. The van der Waals surface area contributed by atoms with Gasteiger partial charge in [0, 0.05) is 6.04 Å². The van der Waals surface area contributed by atoms with Gasteiger partial charge < -0.3 is 9.84 Å². The van der Waals surface area contributed by atoms with Gasteiger partial charge in [0.05, 0.1) is 0 Å². The third-order valence-electron chi connectivity index (χ3n) is 2.81. The van der Waals surface area contributed by atoms with Crippen molar-refractivity contribution in [1.29, 1.82) is 0 Å². The molecular weight excluding hydrogens is 218 g/mol. The predicted molar refractivity (Wildman–Crippen MR) is 64.3 cm³/mol. The molecule has 17 heavy (non-hydrogen) atoms. The van der Waals surface area contributed by atoms with Gasteiger partial charge in [0.15, 0.2) is 0 Å². The van der Waals surface area contributed by atoms with Gasteiger partial charge in [0.25, 0.3) is 0 Å². The van der Waals surface area contributed by atoms with E-state index < -0.39 is 12.0 Å². The van der Waals surface area contributed by atoms with Gasteiger partial charge in [0.2, 0.25) is 0 Å². The Morgan fingerprint density at radius 3 is 2.82 bits per heavy atom. The maximum atomic E-state index is 11.0. The summed E-state index contributed by atoms with van der Waals surface area (Å²) in [6.07, 6.45) is 2.13. The summed E-state index contributed by atoms with van der Waals surface area (Å²) in [6.45, 7) is 2.11. The van der Waals surface area contributed by atoms with Crippen molar-refractivity contribution < 1.29 is 14.6 Å². The predicted octanol–water partition coefficient (Wildman–Crippen LogP) is 1.58. The Morgan fingerprint density at radius 1 is 1.53 bits per heavy atom. The highest BCUT2D eigenvalue weighted by molar-refractivity contribution is 5.73. The van der Waals surface area contributed by atoms with Crippen LogP contribution in [0.3, 0.4) is 0 Å². The van der Waals surface area contributed by atoms with Gasteiger partial charge in [-0.05, 0) is 31.4 Å². The Balaban J connectivity index is 1.90. The monoisotopic (exact) mass is 235 g/mol. The van der Waals surface area contributed by atoms with Gasteiger partial charge in [-0.2, -0.15) is 0 Å². The zero-order valence-corrected chi connectivity index (χ0v) is 9.85. The number of aliphatic carboxylic acids is 1. The zero-order chi connectivity index (χ0) is 12.3. The molecule has 1 unspecified atom stereocenters. The maximum Gasteiger partial charge on any atom is 0.324 e. The molecule has 1 aliphatic carbocycles. The topological polar surface area (TPSA) is 58.6 Å². The molecule has 1 aromatic rings. The van der Waals surface area contributed by atoms with Crippen LogP contribution in [-0.4, -0.2) is 29.8 Å². The first-order chi connectivity index (χ1) is 8.16. The molecular formula is C13H17NO3. The molecule has 0 heterocycles. The molecule has 1 fully saturated rings. The maximum absolute atomic E-state index is 11.0. The van der Waals surface area contributed by atoms with Crippen molar-refractivity contribution in [3.8, 4) is 5.75 Å². The molecule has 0 saturated heterocycles. The Hall–Kier alpha value is -1.55. The number of aryl methyl sites for hydroxylation is 1. The van der Waals surface area contributed by atoms with Crippen molar-refractivity contribution in [2.45, 2.75) is 31.8 Å². The van der Waals surface area contributed by atoms with Gasteiger partial charge in [-0.15, -0.1) is 0 Å². The van der Waals surface area contributed by atoms with E-state index in [1.807, 2.05) is 31.2 Å². The van der Waals surface area contributed by atoms with E-state index in [1.54, 1.807) is 0 Å². The number of nitrogens with one attached hydrogen (secondary N) is 1. The molecule has 4 nitrogen and oxygen atoms in total. The molecule has 0 radical (unpaired) electrons. The van der Waals surface area contributed by atoms with Crippen LogP contribution in [0.15, 0.2) is 24.3 Å². The Morgan fingerprint density at radius 2 is 2.24 bits per heavy atom. The van der Waals surface area contributed by atoms with E-state index in [0.717, 1.165) is 24.2 Å². The quantitative estimate of drug-likeness (QED) is 0.786. The van der Waals surface area contributed by atoms with Crippen LogP contribution in [0.4, 0.5) is 0 Å². The Labute approximate surface area is 101 Å². The first-order valence-electron chi connectivity index (χ1n) is 5.84. The molecule has 1 aliphatic rings. The molecule has 92 valence electrons. The second-order valence-corrected chi connectivity index (χ2v) is 4.41. The highest BCUT2D eigenvalue weighted by Crippen LogP contribution is 2.20. The lowest BCUT2D eigenvalue weighted by Crippen LogP contribution is -2.42. The number of ether oxygens (including phenoxy) is 1. The molecule has 0 bridgehead atoms. The summed E-state index contributed by atoms with van der Waals surface area (Å²) < 4.78 is 5.55. The number of benzene rings is 1. The molecule has 1 saturated carbocycles. The minimum absolute atomic E-state index is 0.163. The van der Waals surface area contributed by atoms with Crippen LogP contribution in [0.5, 0.6) is 5.75 Å². The number of carbonyl (C=O) groups is 1. The average Bonchev–Trinajstić information content (AvgIpc) is 3.09. The van der Waals surface area contributed by atoms with E-state index >= 15 is 0 Å². The normalized spacial score (nSPS) is 16.5. The average molecular weight is 235 g/mol. The highest BCUT2D eigenvalue weighted by Gasteiger charge is 2.28. The van der Waals surface area contributed by atoms with Crippen molar-refractivity contribution in [3.05, 3.63) is 29.8 Å². The summed E-state index contributed by atoms with van der Waals surface area (Å²) >= 11 is 0. The van der Waals surface area contributed by atoms with Crippen LogP contribution in [0.25, 0.3) is 0 Å². The van der Waals surface area contributed by atoms with Crippen molar-refractivity contribution in [2.75, 3.05) is 6.61 Å². The SMILES string of the molecule is Cc1ccccc1OCC(NC1CC1)C(=O)O. The van der Waals surface area contributed by atoms with Gasteiger partial charge >= 0.3 is 5.97 Å². The number of carboxylic acids is 1. The van der Waals surface area contributed by atoms with Crippen LogP contribution < -0.4 is 10.1 Å². The fourth-order valence-electron chi connectivity index (χ4n) is 1.62. The number of rotatable bonds is 6. The van der Waals surface area contributed by atoms with Crippen molar-refractivity contribution >= 4 is 5.97 Å². The lowest BCUT2D eigenvalue weighted by atomic mass is 10.2. The van der Waals surface area contributed by atoms with Crippen molar-refractivity contribution in [1.82, 2.24) is 5.32 Å². The number of para-hydroxylation sites is 1. The van der Waals surface area contributed by atoms with E-state index in [4.69, 9.17) is 9.84 Å². The fourth-order valence-corrected chi connectivity index (χ4v) is 1.62. The van der Waals surface area contributed by atoms with Crippen molar-refractivity contribution in [3.63, 3.8) is 0 Å². The van der Waals surface area contributed by atoms with E-state index in [1.165, 1.54) is 0 Å². The van der Waals surface area contributed by atoms with E-state index in [2.05, 4.69) is 5.32 Å². The summed E-state index contributed by atoms with van der Waals surface area (Å²) in [5.41, 5.74) is 1.02. The molecule has 4 heteroatoms. The summed E-state index contributed by atoms with van der Waals surface area (Å²) in [4.78, 5) is 11.0. The van der Waals surface area contributed by atoms with Crippen LogP contribution in [0.1, 0.15) is 18.4 Å². The second kappa shape index (κ2) is 5.19. The molecule has 0 aliphatic heterocycles. The largest absolute Gasteiger partial charge is 0.491 e. The number of carboxylic acid groups (broad SMARTS) is 1. The first-order valence-corrected chi connectivity index (χ1v) is 5.84. The van der Waals surface area contributed by atoms with Gasteiger partial charge in [-0.3, -0.25) is 10.1 Å². The third-order valence-corrected chi connectivity index (χ3v) is 2.81. The zero-order valence-electron chi connectivity index (χ0n) is 9.85. The molecule has 0 spiro atoms. The van der Waals surface area contributed by atoms with Crippen molar-refractivity contribution in [2.24, 2.45) is 0 Å². The highest BCUT2D eigenvalue weighted by atomic mass is 16.5. The minimum atomic E-state index is -0.856. The Bertz CT molecular complexity index is 401. The molecule has 2 rings (SSSR count). The number of hydrogen-bond acceptors (Lipinski definition) is 3. The molecule has 1 atom stereocenters. The summed E-state index contributed by atoms with van der Waals surface area (Å²) in [5.74, 6) is -0.109. The second-order valence-electron chi connectivity index (χ2n) is 4.41. The van der Waals surface area contributed by atoms with Gasteiger partial charge in [-0.25, -0.2) is 0 Å². The van der Waals surface area contributed by atoms with Gasteiger partial charge in [0.1, 0.15) is 18.4 Å². The van der Waals surface area contributed by atoms with E-state index in [-0.39, 0.29) is 6.61 Å². The smallest absolute Gasteiger partial charge is 0.324 e. The lowest BCUT2D eigenvalue weighted by Gasteiger charge is -2.16. The van der Waals surface area contributed by atoms with E-state index in [0.29, 0.717) is 6.04 Å². The van der Waals surface area contributed by atoms with Crippen LogP contribution in [0, 0.1) is 6.92 Å². The van der Waals surface area contributed by atoms with Crippen LogP contribution >= 0.6 is 0 Å². The van der Waals surface area contributed by atoms with Crippen LogP contribution in [0.2, 0.25) is 0 Å². The minimum Gasteiger partial charge on any atom is -0.491 e. The first kappa shape index (κ1) is 11.9. The summed E-state index contributed by atoms with van der Waals surface area (Å²) in [5, 5.41) is 12.1. The van der Waals surface area contributed by atoms with Crippen LogP contribution in [-0.2, 0) is 4.79 Å². The summed E-state index contributed by atoms with van der Waals surface area (Å²) in [7, 11) is 0. The van der Waals surface area contributed by atoms with Gasteiger partial charge in [-0.1, -0.05) is 18.2 Å². The number of hydrogen-bond donors (Lipinski definition) is 2.